The fourth-order valence-corrected chi connectivity index (χ4v) is 2.25. The quantitative estimate of drug-likeness (QED) is 0.567. The Hall–Kier alpha value is -2.88. The van der Waals surface area contributed by atoms with Gasteiger partial charge in [-0.1, -0.05) is 30.3 Å². The Bertz CT molecular complexity index is 610. The minimum Gasteiger partial charge on any atom is -0.368 e. The zero-order valence-electron chi connectivity index (χ0n) is 13.6. The predicted octanol–water partition coefficient (Wildman–Crippen LogP) is 0.398. The van der Waals surface area contributed by atoms with E-state index in [4.69, 9.17) is 11.0 Å². The van der Waals surface area contributed by atoms with Gasteiger partial charge in [0.25, 0.3) is 0 Å². The standard InChI is InChI=1S/C17H22N4O3/c1-12(22)20-15(11-13-7-3-2-4-8-13)17(24)21-14(16(19)23)9-5-6-10-18/h2-4,7-8,14-15H,5-6,9,11H2,1H3,(H2,19,23)(H,20,22)(H,21,24)/t14-,15+/m0/s1. The van der Waals surface area contributed by atoms with Crippen molar-refractivity contribution in [1.29, 1.82) is 5.26 Å². The molecule has 0 aromatic heterocycles. The SMILES string of the molecule is CC(=O)N[C@H](Cc1ccccc1)C(=O)N[C@@H](CCCC#N)C(N)=O. The lowest BCUT2D eigenvalue weighted by molar-refractivity contribution is -0.130. The summed E-state index contributed by atoms with van der Waals surface area (Å²) in [6, 6.07) is 9.54. The highest BCUT2D eigenvalue weighted by atomic mass is 16.2. The van der Waals surface area contributed by atoms with Crippen LogP contribution in [0.2, 0.25) is 0 Å². The summed E-state index contributed by atoms with van der Waals surface area (Å²) in [6.07, 6.45) is 1.31. The summed E-state index contributed by atoms with van der Waals surface area (Å²) in [5.74, 6) is -1.48. The number of benzene rings is 1. The van der Waals surface area contributed by atoms with Crippen LogP contribution < -0.4 is 16.4 Å². The summed E-state index contributed by atoms with van der Waals surface area (Å²) in [6.45, 7) is 1.32. The molecule has 0 saturated heterocycles. The lowest BCUT2D eigenvalue weighted by atomic mass is 10.0. The second-order valence-electron chi connectivity index (χ2n) is 5.46. The first-order valence-corrected chi connectivity index (χ1v) is 7.71. The molecule has 0 aliphatic heterocycles. The summed E-state index contributed by atoms with van der Waals surface area (Å²) < 4.78 is 0. The molecule has 0 radical (unpaired) electrons. The molecule has 7 nitrogen and oxygen atoms in total. The van der Waals surface area contributed by atoms with Crippen LogP contribution in [0.3, 0.4) is 0 Å². The molecule has 0 fully saturated rings. The van der Waals surface area contributed by atoms with Crippen molar-refractivity contribution in [3.05, 3.63) is 35.9 Å². The number of rotatable bonds is 9. The molecule has 2 atom stereocenters. The first-order chi connectivity index (χ1) is 11.4. The molecule has 0 spiro atoms. The van der Waals surface area contributed by atoms with Crippen molar-refractivity contribution in [3.63, 3.8) is 0 Å². The van der Waals surface area contributed by atoms with Gasteiger partial charge in [-0.2, -0.15) is 5.26 Å². The van der Waals surface area contributed by atoms with Gasteiger partial charge in [-0.05, 0) is 18.4 Å². The van der Waals surface area contributed by atoms with Gasteiger partial charge in [0, 0.05) is 19.8 Å². The second-order valence-corrected chi connectivity index (χ2v) is 5.46. The molecular weight excluding hydrogens is 308 g/mol. The van der Waals surface area contributed by atoms with Gasteiger partial charge in [-0.25, -0.2) is 0 Å². The molecule has 0 aliphatic carbocycles. The van der Waals surface area contributed by atoms with Crippen molar-refractivity contribution >= 4 is 17.7 Å². The van der Waals surface area contributed by atoms with Crippen LogP contribution >= 0.6 is 0 Å². The van der Waals surface area contributed by atoms with Gasteiger partial charge in [0.05, 0.1) is 6.07 Å². The van der Waals surface area contributed by atoms with E-state index in [1.807, 2.05) is 36.4 Å². The summed E-state index contributed by atoms with van der Waals surface area (Å²) in [5.41, 5.74) is 6.18. The smallest absolute Gasteiger partial charge is 0.243 e. The maximum atomic E-state index is 12.4. The highest BCUT2D eigenvalue weighted by Crippen LogP contribution is 2.06. The van der Waals surface area contributed by atoms with Crippen LogP contribution in [0.1, 0.15) is 31.7 Å². The summed E-state index contributed by atoms with van der Waals surface area (Å²) in [4.78, 5) is 35.3. The predicted molar refractivity (Wildman–Crippen MR) is 88.3 cm³/mol. The van der Waals surface area contributed by atoms with Gasteiger partial charge >= 0.3 is 0 Å². The van der Waals surface area contributed by atoms with Crippen LogP contribution in [0, 0.1) is 11.3 Å². The van der Waals surface area contributed by atoms with E-state index in [9.17, 15) is 14.4 Å². The highest BCUT2D eigenvalue weighted by Gasteiger charge is 2.24. The largest absolute Gasteiger partial charge is 0.368 e. The lowest BCUT2D eigenvalue weighted by Crippen LogP contribution is -2.53. The van der Waals surface area contributed by atoms with E-state index in [1.54, 1.807) is 0 Å². The highest BCUT2D eigenvalue weighted by molar-refractivity contribution is 5.91. The molecule has 7 heteroatoms. The number of hydrogen-bond donors (Lipinski definition) is 3. The van der Waals surface area contributed by atoms with E-state index in [0.29, 0.717) is 12.8 Å². The Morgan fingerprint density at radius 1 is 1.17 bits per heavy atom. The Labute approximate surface area is 141 Å². The van der Waals surface area contributed by atoms with E-state index in [1.165, 1.54) is 6.92 Å². The Morgan fingerprint density at radius 3 is 2.38 bits per heavy atom. The first kappa shape index (κ1) is 19.2. The summed E-state index contributed by atoms with van der Waals surface area (Å²) >= 11 is 0. The summed E-state index contributed by atoms with van der Waals surface area (Å²) in [7, 11) is 0. The number of nitriles is 1. The number of carbonyl (C=O) groups is 3. The molecule has 4 N–H and O–H groups in total. The lowest BCUT2D eigenvalue weighted by Gasteiger charge is -2.21. The van der Waals surface area contributed by atoms with E-state index >= 15 is 0 Å². The van der Waals surface area contributed by atoms with Crippen molar-refractivity contribution in [2.75, 3.05) is 0 Å². The van der Waals surface area contributed by atoms with Crippen molar-refractivity contribution < 1.29 is 14.4 Å². The number of unbranched alkanes of at least 4 members (excludes halogenated alkanes) is 1. The molecular formula is C17H22N4O3. The van der Waals surface area contributed by atoms with E-state index in [-0.39, 0.29) is 18.7 Å². The van der Waals surface area contributed by atoms with Crippen LogP contribution in [0.4, 0.5) is 0 Å². The number of nitrogens with zero attached hydrogens (tertiary/aromatic N) is 1. The molecule has 3 amide bonds. The van der Waals surface area contributed by atoms with Crippen LogP contribution in [0.25, 0.3) is 0 Å². The number of amides is 3. The average molecular weight is 330 g/mol. The Kier molecular flexibility index (Phi) is 7.99. The fourth-order valence-electron chi connectivity index (χ4n) is 2.25. The zero-order chi connectivity index (χ0) is 17.9. The Balaban J connectivity index is 2.76. The van der Waals surface area contributed by atoms with Crippen molar-refractivity contribution in [3.8, 4) is 6.07 Å². The molecule has 0 bridgehead atoms. The third-order valence-corrected chi connectivity index (χ3v) is 3.42. The molecule has 1 rings (SSSR count). The fraction of sp³-hybridized carbons (Fsp3) is 0.412. The van der Waals surface area contributed by atoms with Gasteiger partial charge in [-0.15, -0.1) is 0 Å². The maximum Gasteiger partial charge on any atom is 0.243 e. The Morgan fingerprint density at radius 2 is 1.83 bits per heavy atom. The zero-order valence-corrected chi connectivity index (χ0v) is 13.6. The van der Waals surface area contributed by atoms with Crippen LogP contribution in [-0.4, -0.2) is 29.8 Å². The molecule has 0 aliphatic rings. The molecule has 1 aromatic carbocycles. The van der Waals surface area contributed by atoms with Crippen LogP contribution in [-0.2, 0) is 20.8 Å². The number of primary amides is 1. The van der Waals surface area contributed by atoms with Crippen molar-refractivity contribution in [2.45, 2.75) is 44.7 Å². The molecule has 1 aromatic rings. The minimum atomic E-state index is -0.863. The van der Waals surface area contributed by atoms with E-state index < -0.39 is 23.9 Å². The van der Waals surface area contributed by atoms with Gasteiger partial charge < -0.3 is 16.4 Å². The number of nitrogens with two attached hydrogens (primary N) is 1. The molecule has 128 valence electrons. The topological polar surface area (TPSA) is 125 Å². The van der Waals surface area contributed by atoms with Gasteiger partial charge in [0.2, 0.25) is 17.7 Å². The van der Waals surface area contributed by atoms with Crippen molar-refractivity contribution in [2.24, 2.45) is 5.73 Å². The van der Waals surface area contributed by atoms with E-state index in [0.717, 1.165) is 5.56 Å². The molecule has 0 unspecified atom stereocenters. The normalized spacial score (nSPS) is 12.5. The van der Waals surface area contributed by atoms with Crippen LogP contribution in [0.15, 0.2) is 30.3 Å². The van der Waals surface area contributed by atoms with Crippen molar-refractivity contribution in [1.82, 2.24) is 10.6 Å². The third kappa shape index (κ3) is 6.92. The number of nitrogens with one attached hydrogen (secondary N) is 2. The molecule has 0 heterocycles. The third-order valence-electron chi connectivity index (χ3n) is 3.42. The molecule has 24 heavy (non-hydrogen) atoms. The first-order valence-electron chi connectivity index (χ1n) is 7.71. The van der Waals surface area contributed by atoms with Gasteiger partial charge in [0.1, 0.15) is 12.1 Å². The summed E-state index contributed by atoms with van der Waals surface area (Å²) in [5, 5.41) is 13.7. The van der Waals surface area contributed by atoms with Crippen LogP contribution in [0.5, 0.6) is 0 Å². The maximum absolute atomic E-state index is 12.4. The monoisotopic (exact) mass is 330 g/mol. The van der Waals surface area contributed by atoms with Gasteiger partial charge in [0.15, 0.2) is 0 Å². The average Bonchev–Trinajstić information content (AvgIpc) is 2.53. The molecule has 0 saturated carbocycles. The second kappa shape index (κ2) is 10.0. The van der Waals surface area contributed by atoms with E-state index in [2.05, 4.69) is 10.6 Å². The number of hydrogen-bond acceptors (Lipinski definition) is 4. The number of carbonyl (C=O) groups excluding carboxylic acids is 3. The minimum absolute atomic E-state index is 0.277. The van der Waals surface area contributed by atoms with Gasteiger partial charge in [-0.3, -0.25) is 14.4 Å².